The minimum absolute atomic E-state index is 0.304. The van der Waals surface area contributed by atoms with Gasteiger partial charge in [-0.1, -0.05) is 31.4 Å². The van der Waals surface area contributed by atoms with Gasteiger partial charge in [0.15, 0.2) is 0 Å². The second kappa shape index (κ2) is 8.10. The summed E-state index contributed by atoms with van der Waals surface area (Å²) in [5.41, 5.74) is 4.06. The lowest BCUT2D eigenvalue weighted by Crippen LogP contribution is -2.54. The quantitative estimate of drug-likeness (QED) is 0.877. The Bertz CT molecular complexity index is 629. The van der Waals surface area contributed by atoms with Crippen molar-refractivity contribution in [1.82, 2.24) is 4.90 Å². The number of carbonyl (C=O) groups excluding carboxylic acids is 1. The number of rotatable bonds is 2. The Morgan fingerprint density at radius 1 is 1.08 bits per heavy atom. The van der Waals surface area contributed by atoms with Crippen molar-refractivity contribution in [3.05, 3.63) is 29.3 Å². The van der Waals surface area contributed by atoms with Crippen LogP contribution in [0.3, 0.4) is 0 Å². The predicted octanol–water partition coefficient (Wildman–Crippen LogP) is 3.68. The fourth-order valence-corrected chi connectivity index (χ4v) is 5.12. The average molecular weight is 359 g/mol. The SMILES string of the molecule is CO.Cc1ccc2c(c1)N(C1CCN(C3(C)CCCCC3)CC1)C(=O)C2. The highest BCUT2D eigenvalue weighted by atomic mass is 16.2. The van der Waals surface area contributed by atoms with Crippen molar-refractivity contribution >= 4 is 11.6 Å². The van der Waals surface area contributed by atoms with Crippen LogP contribution >= 0.6 is 0 Å². The van der Waals surface area contributed by atoms with E-state index >= 15 is 0 Å². The molecule has 1 amide bonds. The van der Waals surface area contributed by atoms with Crippen LogP contribution in [0.5, 0.6) is 0 Å². The molecule has 1 N–H and O–H groups in total. The Balaban J connectivity index is 0.000000948. The van der Waals surface area contributed by atoms with E-state index in [4.69, 9.17) is 5.11 Å². The first-order chi connectivity index (χ1) is 12.6. The zero-order valence-corrected chi connectivity index (χ0v) is 16.6. The number of anilines is 1. The average Bonchev–Trinajstić information content (AvgIpc) is 2.99. The van der Waals surface area contributed by atoms with Gasteiger partial charge in [0.25, 0.3) is 0 Å². The van der Waals surface area contributed by atoms with Crippen LogP contribution in [0, 0.1) is 6.92 Å². The maximum Gasteiger partial charge on any atom is 0.231 e. The van der Waals surface area contributed by atoms with Crippen molar-refractivity contribution in [2.24, 2.45) is 0 Å². The van der Waals surface area contributed by atoms with Crippen LogP contribution in [0.4, 0.5) is 5.69 Å². The van der Waals surface area contributed by atoms with Crippen molar-refractivity contribution in [1.29, 1.82) is 0 Å². The molecule has 1 aromatic carbocycles. The second-order valence-electron chi connectivity index (χ2n) is 8.35. The molecule has 1 saturated heterocycles. The minimum atomic E-state index is 0.304. The smallest absolute Gasteiger partial charge is 0.231 e. The third kappa shape index (κ3) is 3.67. The molecule has 144 valence electrons. The molecule has 0 aromatic heterocycles. The van der Waals surface area contributed by atoms with Crippen LogP contribution in [0.2, 0.25) is 0 Å². The third-order valence-electron chi connectivity index (χ3n) is 6.63. The maximum atomic E-state index is 12.6. The number of fused-ring (bicyclic) bond motifs is 1. The van der Waals surface area contributed by atoms with Gasteiger partial charge in [-0.25, -0.2) is 0 Å². The van der Waals surface area contributed by atoms with E-state index in [2.05, 4.69) is 41.8 Å². The van der Waals surface area contributed by atoms with E-state index in [1.165, 1.54) is 48.9 Å². The Labute approximate surface area is 158 Å². The van der Waals surface area contributed by atoms with Gasteiger partial charge in [-0.05, 0) is 56.7 Å². The number of hydrogen-bond acceptors (Lipinski definition) is 3. The normalized spacial score (nSPS) is 23.4. The lowest BCUT2D eigenvalue weighted by Gasteiger charge is -2.48. The van der Waals surface area contributed by atoms with Crippen LogP contribution in [0.15, 0.2) is 18.2 Å². The first-order valence-corrected chi connectivity index (χ1v) is 10.2. The number of amides is 1. The van der Waals surface area contributed by atoms with Crippen molar-refractivity contribution in [3.8, 4) is 0 Å². The second-order valence-corrected chi connectivity index (χ2v) is 8.35. The number of carbonyl (C=O) groups is 1. The Kier molecular flexibility index (Phi) is 6.03. The van der Waals surface area contributed by atoms with E-state index in [-0.39, 0.29) is 0 Å². The molecule has 1 aromatic rings. The summed E-state index contributed by atoms with van der Waals surface area (Å²) >= 11 is 0. The van der Waals surface area contributed by atoms with Crippen molar-refractivity contribution in [3.63, 3.8) is 0 Å². The largest absolute Gasteiger partial charge is 0.400 e. The zero-order chi connectivity index (χ0) is 18.7. The highest BCUT2D eigenvalue weighted by Gasteiger charge is 2.39. The lowest BCUT2D eigenvalue weighted by molar-refractivity contribution is -0.118. The molecule has 26 heavy (non-hydrogen) atoms. The Morgan fingerprint density at radius 2 is 1.73 bits per heavy atom. The lowest BCUT2D eigenvalue weighted by atomic mass is 9.80. The molecule has 2 heterocycles. The molecule has 3 aliphatic rings. The van der Waals surface area contributed by atoms with Gasteiger partial charge in [0.05, 0.1) is 6.42 Å². The van der Waals surface area contributed by atoms with E-state index in [0.717, 1.165) is 33.0 Å². The molecule has 0 radical (unpaired) electrons. The zero-order valence-electron chi connectivity index (χ0n) is 16.6. The molecular formula is C22H34N2O2. The topological polar surface area (TPSA) is 43.8 Å². The van der Waals surface area contributed by atoms with Gasteiger partial charge >= 0.3 is 0 Å². The van der Waals surface area contributed by atoms with Crippen LogP contribution in [0.1, 0.15) is 63.0 Å². The van der Waals surface area contributed by atoms with Crippen LogP contribution in [-0.2, 0) is 11.2 Å². The first kappa shape index (κ1) is 19.4. The number of nitrogens with zero attached hydrogens (tertiary/aromatic N) is 2. The van der Waals surface area contributed by atoms with Gasteiger partial charge in [-0.2, -0.15) is 0 Å². The molecule has 0 spiro atoms. The molecule has 4 heteroatoms. The fraction of sp³-hybridized carbons (Fsp3) is 0.682. The maximum absolute atomic E-state index is 12.6. The molecule has 1 aliphatic carbocycles. The summed E-state index contributed by atoms with van der Waals surface area (Å²) in [5.74, 6) is 0.304. The Hall–Kier alpha value is -1.39. The van der Waals surface area contributed by atoms with E-state index in [9.17, 15) is 4.79 Å². The molecule has 4 rings (SSSR count). The number of hydrogen-bond donors (Lipinski definition) is 1. The molecule has 2 fully saturated rings. The number of benzene rings is 1. The number of aliphatic hydroxyl groups excluding tert-OH is 1. The highest BCUT2D eigenvalue weighted by Crippen LogP contribution is 2.38. The van der Waals surface area contributed by atoms with Crippen LogP contribution < -0.4 is 4.90 Å². The molecule has 0 atom stereocenters. The van der Waals surface area contributed by atoms with E-state index in [0.29, 0.717) is 23.9 Å². The fourth-order valence-electron chi connectivity index (χ4n) is 5.12. The number of likely N-dealkylation sites (tertiary alicyclic amines) is 1. The summed E-state index contributed by atoms with van der Waals surface area (Å²) in [4.78, 5) is 17.5. The van der Waals surface area contributed by atoms with Crippen molar-refractivity contribution < 1.29 is 9.90 Å². The first-order valence-electron chi connectivity index (χ1n) is 10.2. The van der Waals surface area contributed by atoms with Gasteiger partial charge in [-0.3, -0.25) is 9.69 Å². The summed E-state index contributed by atoms with van der Waals surface area (Å²) in [5, 5.41) is 7.00. The predicted molar refractivity (Wildman–Crippen MR) is 107 cm³/mol. The standard InChI is InChI=1S/C21H30N2O.CH4O/c1-16-6-7-17-15-20(24)23(19(17)14-16)18-8-12-22(13-9-18)21(2)10-4-3-5-11-21;1-2/h6-7,14,18H,3-5,8-13,15H2,1-2H3;2H,1H3. The van der Waals surface area contributed by atoms with Crippen LogP contribution in [0.25, 0.3) is 0 Å². The van der Waals surface area contributed by atoms with E-state index in [1.807, 2.05) is 0 Å². The van der Waals surface area contributed by atoms with E-state index < -0.39 is 0 Å². The van der Waals surface area contributed by atoms with Gasteiger partial charge in [0.1, 0.15) is 0 Å². The van der Waals surface area contributed by atoms with Crippen molar-refractivity contribution in [2.75, 3.05) is 25.1 Å². The summed E-state index contributed by atoms with van der Waals surface area (Å²) in [7, 11) is 1.00. The minimum Gasteiger partial charge on any atom is -0.400 e. The summed E-state index contributed by atoms with van der Waals surface area (Å²) < 4.78 is 0. The number of aryl methyl sites for hydroxylation is 1. The van der Waals surface area contributed by atoms with Gasteiger partial charge in [-0.15, -0.1) is 0 Å². The molecule has 0 unspecified atom stereocenters. The highest BCUT2D eigenvalue weighted by molar-refractivity contribution is 6.02. The summed E-state index contributed by atoms with van der Waals surface area (Å²) in [6.45, 7) is 6.87. The molecule has 4 nitrogen and oxygen atoms in total. The number of aliphatic hydroxyl groups is 1. The monoisotopic (exact) mass is 358 g/mol. The molecule has 2 aliphatic heterocycles. The molecule has 0 bridgehead atoms. The van der Waals surface area contributed by atoms with Gasteiger partial charge in [0.2, 0.25) is 5.91 Å². The summed E-state index contributed by atoms with van der Waals surface area (Å²) in [6.07, 6.45) is 9.70. The van der Waals surface area contributed by atoms with Gasteiger partial charge < -0.3 is 10.0 Å². The molecular weight excluding hydrogens is 324 g/mol. The van der Waals surface area contributed by atoms with E-state index in [1.54, 1.807) is 0 Å². The molecule has 1 saturated carbocycles. The van der Waals surface area contributed by atoms with Crippen molar-refractivity contribution in [2.45, 2.75) is 76.8 Å². The third-order valence-corrected chi connectivity index (χ3v) is 6.63. The summed E-state index contributed by atoms with van der Waals surface area (Å²) in [6, 6.07) is 6.86. The van der Waals surface area contributed by atoms with Gasteiger partial charge in [0, 0.05) is 37.5 Å². The Morgan fingerprint density at radius 3 is 2.38 bits per heavy atom. The van der Waals surface area contributed by atoms with Crippen LogP contribution in [-0.4, -0.2) is 47.7 Å². The number of piperidine rings is 1.